The first-order chi connectivity index (χ1) is 8.50. The maximum Gasteiger partial charge on any atom is 0.215 e. The third-order valence-corrected chi connectivity index (χ3v) is 6.57. The molecule has 2 unspecified atom stereocenters. The Labute approximate surface area is 113 Å². The van der Waals surface area contributed by atoms with E-state index in [1.165, 1.54) is 4.31 Å². The SMILES string of the molecule is CC(c1cccs1)N(C)S(=O)(=O)CC1CCCN1. The summed E-state index contributed by atoms with van der Waals surface area (Å²) in [5.41, 5.74) is 0. The summed E-state index contributed by atoms with van der Waals surface area (Å²) in [6, 6.07) is 3.97. The number of hydrogen-bond acceptors (Lipinski definition) is 4. The fourth-order valence-corrected chi connectivity index (χ4v) is 4.74. The fourth-order valence-electron chi connectivity index (χ4n) is 2.22. The van der Waals surface area contributed by atoms with Gasteiger partial charge in [0.2, 0.25) is 10.0 Å². The summed E-state index contributed by atoms with van der Waals surface area (Å²) in [4.78, 5) is 1.08. The van der Waals surface area contributed by atoms with Gasteiger partial charge in [-0.15, -0.1) is 11.3 Å². The van der Waals surface area contributed by atoms with Crippen LogP contribution in [0.1, 0.15) is 30.7 Å². The Morgan fingerprint density at radius 2 is 2.39 bits per heavy atom. The molecule has 6 heteroatoms. The summed E-state index contributed by atoms with van der Waals surface area (Å²) in [5, 5.41) is 5.22. The zero-order chi connectivity index (χ0) is 13.2. The van der Waals surface area contributed by atoms with Gasteiger partial charge in [0.25, 0.3) is 0 Å². The lowest BCUT2D eigenvalue weighted by Crippen LogP contribution is -2.38. The second kappa shape index (κ2) is 5.69. The molecule has 2 heterocycles. The standard InChI is InChI=1S/C12H20N2O2S2/c1-10(12-6-4-8-17-12)14(2)18(15,16)9-11-5-3-7-13-11/h4,6,8,10-11,13H,3,5,7,9H2,1-2H3. The maximum absolute atomic E-state index is 12.3. The van der Waals surface area contributed by atoms with E-state index in [0.717, 1.165) is 24.3 Å². The molecule has 4 nitrogen and oxygen atoms in total. The Morgan fingerprint density at radius 3 is 2.94 bits per heavy atom. The molecule has 0 radical (unpaired) electrons. The first-order valence-corrected chi connectivity index (χ1v) is 8.72. The molecule has 1 fully saturated rings. The third kappa shape index (κ3) is 3.12. The zero-order valence-electron chi connectivity index (χ0n) is 10.8. The average molecular weight is 288 g/mol. The highest BCUT2D eigenvalue weighted by Crippen LogP contribution is 2.26. The minimum atomic E-state index is -3.19. The van der Waals surface area contributed by atoms with Crippen LogP contribution in [0.15, 0.2) is 17.5 Å². The normalized spacial score (nSPS) is 22.5. The molecular formula is C12H20N2O2S2. The van der Waals surface area contributed by atoms with Crippen molar-refractivity contribution in [1.82, 2.24) is 9.62 Å². The van der Waals surface area contributed by atoms with E-state index in [4.69, 9.17) is 0 Å². The van der Waals surface area contributed by atoms with Gasteiger partial charge >= 0.3 is 0 Å². The molecule has 0 aliphatic carbocycles. The lowest BCUT2D eigenvalue weighted by molar-refractivity contribution is 0.399. The van der Waals surface area contributed by atoms with E-state index in [0.29, 0.717) is 0 Å². The highest BCUT2D eigenvalue weighted by atomic mass is 32.2. The molecule has 0 amide bonds. The Bertz CT molecular complexity index is 464. The van der Waals surface area contributed by atoms with Gasteiger partial charge in [0.05, 0.1) is 11.8 Å². The number of nitrogens with one attached hydrogen (secondary N) is 1. The van der Waals surface area contributed by atoms with E-state index in [2.05, 4.69) is 5.32 Å². The largest absolute Gasteiger partial charge is 0.313 e. The van der Waals surface area contributed by atoms with Crippen LogP contribution >= 0.6 is 11.3 Å². The molecule has 0 spiro atoms. The zero-order valence-corrected chi connectivity index (χ0v) is 12.4. The van der Waals surface area contributed by atoms with Gasteiger partial charge in [0, 0.05) is 18.0 Å². The lowest BCUT2D eigenvalue weighted by atomic mass is 10.3. The molecule has 2 rings (SSSR count). The van der Waals surface area contributed by atoms with Gasteiger partial charge in [0.1, 0.15) is 0 Å². The van der Waals surface area contributed by atoms with Gasteiger partial charge in [-0.25, -0.2) is 8.42 Å². The summed E-state index contributed by atoms with van der Waals surface area (Å²) < 4.78 is 26.1. The molecule has 102 valence electrons. The first-order valence-electron chi connectivity index (χ1n) is 6.23. The second-order valence-corrected chi connectivity index (χ2v) is 7.83. The number of hydrogen-bond donors (Lipinski definition) is 1. The fraction of sp³-hybridized carbons (Fsp3) is 0.667. The molecule has 0 bridgehead atoms. The van der Waals surface area contributed by atoms with E-state index in [1.54, 1.807) is 18.4 Å². The molecule has 1 N–H and O–H groups in total. The predicted molar refractivity (Wildman–Crippen MR) is 75.3 cm³/mol. The van der Waals surface area contributed by atoms with Crippen molar-refractivity contribution >= 4 is 21.4 Å². The van der Waals surface area contributed by atoms with Gasteiger partial charge in [-0.05, 0) is 37.8 Å². The van der Waals surface area contributed by atoms with Crippen molar-refractivity contribution < 1.29 is 8.42 Å². The molecule has 1 aromatic heterocycles. The first kappa shape index (κ1) is 14.0. The Kier molecular flexibility index (Phi) is 4.42. The summed E-state index contributed by atoms with van der Waals surface area (Å²) >= 11 is 1.60. The monoisotopic (exact) mass is 288 g/mol. The predicted octanol–water partition coefficient (Wildman–Crippen LogP) is 1.82. The van der Waals surface area contributed by atoms with Crippen LogP contribution in [0.2, 0.25) is 0 Å². The van der Waals surface area contributed by atoms with Crippen LogP contribution in [0.4, 0.5) is 0 Å². The highest BCUT2D eigenvalue weighted by molar-refractivity contribution is 7.89. The van der Waals surface area contributed by atoms with Crippen molar-refractivity contribution in [2.45, 2.75) is 31.8 Å². The van der Waals surface area contributed by atoms with Crippen molar-refractivity contribution in [2.24, 2.45) is 0 Å². The summed E-state index contributed by atoms with van der Waals surface area (Å²) in [6.07, 6.45) is 2.03. The molecule has 0 aromatic carbocycles. The Hall–Kier alpha value is -0.430. The summed E-state index contributed by atoms with van der Waals surface area (Å²) in [5.74, 6) is 0.208. The van der Waals surface area contributed by atoms with Crippen LogP contribution in [-0.2, 0) is 10.0 Å². The van der Waals surface area contributed by atoms with Crippen LogP contribution in [0.3, 0.4) is 0 Å². The van der Waals surface area contributed by atoms with Crippen molar-refractivity contribution in [3.8, 4) is 0 Å². The van der Waals surface area contributed by atoms with Crippen LogP contribution in [0, 0.1) is 0 Å². The number of rotatable bonds is 5. The van der Waals surface area contributed by atoms with E-state index < -0.39 is 10.0 Å². The number of nitrogens with zero attached hydrogens (tertiary/aromatic N) is 1. The second-order valence-electron chi connectivity index (χ2n) is 4.78. The quantitative estimate of drug-likeness (QED) is 0.899. The molecule has 2 atom stereocenters. The Balaban J connectivity index is 2.04. The van der Waals surface area contributed by atoms with Gasteiger partial charge in [-0.3, -0.25) is 0 Å². The maximum atomic E-state index is 12.3. The van der Waals surface area contributed by atoms with Gasteiger partial charge in [0.15, 0.2) is 0 Å². The molecule has 0 saturated carbocycles. The highest BCUT2D eigenvalue weighted by Gasteiger charge is 2.29. The molecule has 1 aliphatic heterocycles. The van der Waals surface area contributed by atoms with E-state index in [1.807, 2.05) is 24.4 Å². The van der Waals surface area contributed by atoms with Crippen LogP contribution in [0.5, 0.6) is 0 Å². The van der Waals surface area contributed by atoms with Gasteiger partial charge < -0.3 is 5.32 Å². The minimum absolute atomic E-state index is 0.0867. The molecule has 1 aliphatic rings. The van der Waals surface area contributed by atoms with Gasteiger partial charge in [-0.2, -0.15) is 4.31 Å². The van der Waals surface area contributed by atoms with Crippen LogP contribution < -0.4 is 5.32 Å². The molecule has 18 heavy (non-hydrogen) atoms. The molecular weight excluding hydrogens is 268 g/mol. The van der Waals surface area contributed by atoms with Crippen LogP contribution in [0.25, 0.3) is 0 Å². The van der Waals surface area contributed by atoms with Crippen LogP contribution in [-0.4, -0.2) is 38.1 Å². The minimum Gasteiger partial charge on any atom is -0.313 e. The topological polar surface area (TPSA) is 49.4 Å². The molecule has 1 aromatic rings. The van der Waals surface area contributed by atoms with E-state index >= 15 is 0 Å². The van der Waals surface area contributed by atoms with E-state index in [9.17, 15) is 8.42 Å². The summed E-state index contributed by atoms with van der Waals surface area (Å²) in [7, 11) is -1.52. The van der Waals surface area contributed by atoms with Crippen molar-refractivity contribution in [2.75, 3.05) is 19.3 Å². The number of thiophene rings is 1. The lowest BCUT2D eigenvalue weighted by Gasteiger charge is -2.25. The average Bonchev–Trinajstić information content (AvgIpc) is 2.98. The molecule has 1 saturated heterocycles. The number of sulfonamides is 1. The summed E-state index contributed by atoms with van der Waals surface area (Å²) in [6.45, 7) is 2.87. The smallest absolute Gasteiger partial charge is 0.215 e. The van der Waals surface area contributed by atoms with E-state index in [-0.39, 0.29) is 17.8 Å². The van der Waals surface area contributed by atoms with Gasteiger partial charge in [-0.1, -0.05) is 6.07 Å². The Morgan fingerprint density at radius 1 is 1.61 bits per heavy atom. The third-order valence-electron chi connectivity index (χ3n) is 3.51. The van der Waals surface area contributed by atoms with Crippen molar-refractivity contribution in [1.29, 1.82) is 0 Å². The van der Waals surface area contributed by atoms with Crippen molar-refractivity contribution in [3.05, 3.63) is 22.4 Å². The van der Waals surface area contributed by atoms with Crippen molar-refractivity contribution in [3.63, 3.8) is 0 Å².